The molecule has 100 valence electrons. The number of hydrogen-bond acceptors (Lipinski definition) is 3. The highest BCUT2D eigenvalue weighted by Crippen LogP contribution is 2.40. The summed E-state index contributed by atoms with van der Waals surface area (Å²) in [7, 11) is 1.84. The van der Waals surface area contributed by atoms with E-state index in [0.717, 1.165) is 11.8 Å². The van der Waals surface area contributed by atoms with Crippen LogP contribution in [0.25, 0.3) is 0 Å². The Morgan fingerprint density at radius 2 is 2.00 bits per heavy atom. The van der Waals surface area contributed by atoms with E-state index in [1.165, 1.54) is 44.9 Å². The smallest absolute Gasteiger partial charge is 0.0768 e. The van der Waals surface area contributed by atoms with Gasteiger partial charge in [0.2, 0.25) is 0 Å². The Morgan fingerprint density at radius 3 is 2.53 bits per heavy atom. The zero-order valence-corrected chi connectivity index (χ0v) is 11.3. The Kier molecular flexibility index (Phi) is 4.83. The molecule has 3 N–H and O–H groups in total. The summed E-state index contributed by atoms with van der Waals surface area (Å²) < 4.78 is 5.71. The van der Waals surface area contributed by atoms with Gasteiger partial charge in [-0.3, -0.25) is 11.3 Å². The Morgan fingerprint density at radius 1 is 1.24 bits per heavy atom. The summed E-state index contributed by atoms with van der Waals surface area (Å²) in [5.74, 6) is 8.17. The zero-order chi connectivity index (χ0) is 12.3. The van der Waals surface area contributed by atoms with Crippen LogP contribution in [0.3, 0.4) is 0 Å². The van der Waals surface area contributed by atoms with E-state index in [0.29, 0.717) is 18.1 Å². The van der Waals surface area contributed by atoms with Gasteiger partial charge < -0.3 is 4.74 Å². The van der Waals surface area contributed by atoms with Gasteiger partial charge in [0.25, 0.3) is 0 Å². The van der Waals surface area contributed by atoms with E-state index in [2.05, 4.69) is 12.3 Å². The Bertz CT molecular complexity index is 230. The van der Waals surface area contributed by atoms with Crippen LogP contribution in [0.5, 0.6) is 0 Å². The molecule has 0 radical (unpaired) electrons. The van der Waals surface area contributed by atoms with E-state index in [4.69, 9.17) is 10.6 Å². The maximum Gasteiger partial charge on any atom is 0.0768 e. The van der Waals surface area contributed by atoms with Crippen molar-refractivity contribution in [1.29, 1.82) is 0 Å². The molecule has 0 aliphatic heterocycles. The van der Waals surface area contributed by atoms with Crippen molar-refractivity contribution in [2.75, 3.05) is 7.11 Å². The fourth-order valence-electron chi connectivity index (χ4n) is 3.59. The Hall–Kier alpha value is -0.120. The minimum atomic E-state index is 0.334. The number of nitrogens with one attached hydrogen (secondary N) is 1. The van der Waals surface area contributed by atoms with E-state index in [-0.39, 0.29) is 0 Å². The Labute approximate surface area is 105 Å². The molecule has 2 aliphatic rings. The van der Waals surface area contributed by atoms with E-state index >= 15 is 0 Å². The molecule has 0 spiro atoms. The minimum absolute atomic E-state index is 0.334. The zero-order valence-electron chi connectivity index (χ0n) is 11.3. The van der Waals surface area contributed by atoms with Crippen molar-refractivity contribution in [3.8, 4) is 0 Å². The first-order valence-corrected chi connectivity index (χ1v) is 7.29. The highest BCUT2D eigenvalue weighted by atomic mass is 16.5. The lowest BCUT2D eigenvalue weighted by atomic mass is 9.75. The van der Waals surface area contributed by atoms with Crippen molar-refractivity contribution < 1.29 is 4.74 Å². The van der Waals surface area contributed by atoms with Gasteiger partial charge in [-0.25, -0.2) is 0 Å². The summed E-state index contributed by atoms with van der Waals surface area (Å²) in [5.41, 5.74) is 3.06. The third kappa shape index (κ3) is 3.21. The second-order valence-corrected chi connectivity index (χ2v) is 5.93. The van der Waals surface area contributed by atoms with Crippen LogP contribution in [-0.2, 0) is 4.74 Å². The van der Waals surface area contributed by atoms with Gasteiger partial charge in [-0.1, -0.05) is 26.2 Å². The highest BCUT2D eigenvalue weighted by Gasteiger charge is 2.40. The first kappa shape index (κ1) is 13.3. The van der Waals surface area contributed by atoms with Gasteiger partial charge in [0.05, 0.1) is 12.1 Å². The predicted octanol–water partition coefficient (Wildman–Crippen LogP) is 2.46. The van der Waals surface area contributed by atoms with Crippen molar-refractivity contribution in [3.05, 3.63) is 0 Å². The minimum Gasteiger partial charge on any atom is -0.379 e. The second kappa shape index (κ2) is 6.17. The number of rotatable bonds is 6. The molecule has 0 amide bonds. The van der Waals surface area contributed by atoms with Crippen molar-refractivity contribution in [3.63, 3.8) is 0 Å². The second-order valence-electron chi connectivity index (χ2n) is 5.93. The summed E-state index contributed by atoms with van der Waals surface area (Å²) in [6.07, 6.45) is 9.71. The molecule has 4 atom stereocenters. The molecule has 0 heterocycles. The summed E-state index contributed by atoms with van der Waals surface area (Å²) in [6, 6.07) is 0.363. The topological polar surface area (TPSA) is 47.3 Å². The van der Waals surface area contributed by atoms with Crippen molar-refractivity contribution in [2.24, 2.45) is 23.6 Å². The van der Waals surface area contributed by atoms with Gasteiger partial charge in [0.1, 0.15) is 0 Å². The van der Waals surface area contributed by atoms with E-state index in [1.54, 1.807) is 0 Å². The normalized spacial score (nSPS) is 33.4. The SMILES string of the molecule is CCC1CCCC(C(NN)C(OC)C2CC2)C1. The number of hydrogen-bond donors (Lipinski definition) is 2. The number of nitrogens with two attached hydrogens (primary N) is 1. The third-order valence-electron chi connectivity index (χ3n) is 4.81. The van der Waals surface area contributed by atoms with Crippen LogP contribution in [0.2, 0.25) is 0 Å². The van der Waals surface area contributed by atoms with Crippen LogP contribution in [0.1, 0.15) is 51.9 Å². The van der Waals surface area contributed by atoms with Gasteiger partial charge in [0.15, 0.2) is 0 Å². The van der Waals surface area contributed by atoms with Gasteiger partial charge in [-0.2, -0.15) is 0 Å². The maximum absolute atomic E-state index is 5.80. The van der Waals surface area contributed by atoms with Gasteiger partial charge in [-0.05, 0) is 43.4 Å². The van der Waals surface area contributed by atoms with Crippen molar-refractivity contribution in [1.82, 2.24) is 5.43 Å². The highest BCUT2D eigenvalue weighted by molar-refractivity contribution is 4.94. The van der Waals surface area contributed by atoms with Gasteiger partial charge in [0, 0.05) is 7.11 Å². The molecule has 2 rings (SSSR count). The summed E-state index contributed by atoms with van der Waals surface area (Å²) in [4.78, 5) is 0. The van der Waals surface area contributed by atoms with Crippen molar-refractivity contribution >= 4 is 0 Å². The molecule has 3 nitrogen and oxygen atoms in total. The molecule has 0 aromatic heterocycles. The molecular formula is C14H28N2O. The number of methoxy groups -OCH3 is 1. The van der Waals surface area contributed by atoms with Crippen LogP contribution in [0.4, 0.5) is 0 Å². The molecule has 0 aromatic carbocycles. The molecule has 0 bridgehead atoms. The monoisotopic (exact) mass is 240 g/mol. The van der Waals surface area contributed by atoms with Crippen LogP contribution >= 0.6 is 0 Å². The van der Waals surface area contributed by atoms with Crippen LogP contribution in [0, 0.1) is 17.8 Å². The van der Waals surface area contributed by atoms with Crippen LogP contribution in [-0.4, -0.2) is 19.3 Å². The Balaban J connectivity index is 1.95. The summed E-state index contributed by atoms with van der Waals surface area (Å²) in [5, 5.41) is 0. The molecule has 2 fully saturated rings. The van der Waals surface area contributed by atoms with E-state index in [9.17, 15) is 0 Å². The summed E-state index contributed by atoms with van der Waals surface area (Å²) >= 11 is 0. The first-order chi connectivity index (χ1) is 8.30. The van der Waals surface area contributed by atoms with Gasteiger partial charge in [-0.15, -0.1) is 0 Å². The van der Waals surface area contributed by atoms with E-state index < -0.39 is 0 Å². The molecule has 2 saturated carbocycles. The third-order valence-corrected chi connectivity index (χ3v) is 4.81. The average molecular weight is 240 g/mol. The standard InChI is InChI=1S/C14H28N2O/c1-3-10-5-4-6-12(9-10)13(16-15)14(17-2)11-7-8-11/h10-14,16H,3-9,15H2,1-2H3. The van der Waals surface area contributed by atoms with Crippen LogP contribution in [0.15, 0.2) is 0 Å². The predicted molar refractivity (Wildman–Crippen MR) is 70.4 cm³/mol. The number of ether oxygens (including phenoxy) is 1. The molecule has 0 saturated heterocycles. The van der Waals surface area contributed by atoms with Crippen LogP contribution < -0.4 is 11.3 Å². The molecule has 2 aliphatic carbocycles. The lowest BCUT2D eigenvalue weighted by Gasteiger charge is -2.37. The quantitative estimate of drug-likeness (QED) is 0.554. The molecule has 4 unspecified atom stereocenters. The molecule has 0 aromatic rings. The first-order valence-electron chi connectivity index (χ1n) is 7.29. The van der Waals surface area contributed by atoms with Crippen molar-refractivity contribution in [2.45, 2.75) is 64.0 Å². The largest absolute Gasteiger partial charge is 0.379 e. The molecule has 3 heteroatoms. The molecule has 17 heavy (non-hydrogen) atoms. The lowest BCUT2D eigenvalue weighted by Crippen LogP contribution is -2.51. The average Bonchev–Trinajstić information content (AvgIpc) is 3.20. The number of hydrazine groups is 1. The maximum atomic E-state index is 5.80. The molecular weight excluding hydrogens is 212 g/mol. The fourth-order valence-corrected chi connectivity index (χ4v) is 3.59. The van der Waals surface area contributed by atoms with E-state index in [1.807, 2.05) is 7.11 Å². The van der Waals surface area contributed by atoms with Gasteiger partial charge >= 0.3 is 0 Å². The lowest BCUT2D eigenvalue weighted by molar-refractivity contribution is 0.0189. The summed E-state index contributed by atoms with van der Waals surface area (Å²) in [6.45, 7) is 2.31. The fraction of sp³-hybridized carbons (Fsp3) is 1.00.